The number of furan rings is 1. The zero-order valence-corrected chi connectivity index (χ0v) is 14.8. The van der Waals surface area contributed by atoms with Crippen molar-refractivity contribution in [1.82, 2.24) is 4.98 Å². The van der Waals surface area contributed by atoms with E-state index < -0.39 is 5.63 Å². The highest BCUT2D eigenvalue weighted by Gasteiger charge is 2.16. The first-order chi connectivity index (χ1) is 12.5. The predicted octanol–water partition coefficient (Wildman–Crippen LogP) is 4.38. The number of anilines is 1. The lowest BCUT2D eigenvalue weighted by Gasteiger charge is -2.00. The standard InChI is InChI=1S/C19H14N2O4S/c1-10-7-13(11(2)24-10)17(22)21-19-20-15(9-26-19)14-8-12-5-3-4-6-16(12)25-18(14)23/h3-9H,1-2H3,(H,20,21,22). The number of nitrogens with one attached hydrogen (secondary N) is 1. The third kappa shape index (κ3) is 2.93. The van der Waals surface area contributed by atoms with Crippen LogP contribution in [0.15, 0.2) is 55.4 Å². The first kappa shape index (κ1) is 16.3. The van der Waals surface area contributed by atoms with Crippen LogP contribution < -0.4 is 10.9 Å². The number of aromatic nitrogens is 1. The average Bonchev–Trinajstić information content (AvgIpc) is 3.20. The Morgan fingerprint density at radius 1 is 1.15 bits per heavy atom. The number of benzene rings is 1. The Balaban J connectivity index is 1.64. The molecule has 3 heterocycles. The van der Waals surface area contributed by atoms with Crippen LogP contribution in [0.25, 0.3) is 22.2 Å². The number of carbonyl (C=O) groups is 1. The van der Waals surface area contributed by atoms with Crippen molar-refractivity contribution in [1.29, 1.82) is 0 Å². The molecular formula is C19H14N2O4S. The minimum absolute atomic E-state index is 0.300. The Hall–Kier alpha value is -3.19. The van der Waals surface area contributed by atoms with Crippen LogP contribution in [-0.4, -0.2) is 10.9 Å². The lowest BCUT2D eigenvalue weighted by Crippen LogP contribution is -2.12. The van der Waals surface area contributed by atoms with Crippen molar-refractivity contribution < 1.29 is 13.6 Å². The van der Waals surface area contributed by atoms with Gasteiger partial charge in [-0.1, -0.05) is 18.2 Å². The van der Waals surface area contributed by atoms with Gasteiger partial charge in [-0.15, -0.1) is 11.3 Å². The molecule has 130 valence electrons. The average molecular weight is 366 g/mol. The van der Waals surface area contributed by atoms with E-state index in [9.17, 15) is 9.59 Å². The van der Waals surface area contributed by atoms with Crippen molar-refractivity contribution in [3.05, 3.63) is 69.3 Å². The molecule has 0 aliphatic heterocycles. The zero-order valence-electron chi connectivity index (χ0n) is 14.0. The quantitative estimate of drug-likeness (QED) is 0.544. The molecule has 0 bridgehead atoms. The number of rotatable bonds is 3. The van der Waals surface area contributed by atoms with Crippen LogP contribution in [0.1, 0.15) is 21.9 Å². The second-order valence-electron chi connectivity index (χ2n) is 5.80. The van der Waals surface area contributed by atoms with Gasteiger partial charge < -0.3 is 8.83 Å². The molecule has 0 fully saturated rings. The molecule has 0 saturated heterocycles. The largest absolute Gasteiger partial charge is 0.466 e. The van der Waals surface area contributed by atoms with Crippen molar-refractivity contribution in [2.24, 2.45) is 0 Å². The Labute approximate surface area is 152 Å². The maximum absolute atomic E-state index is 12.4. The molecule has 1 N–H and O–H groups in total. The molecule has 0 saturated carbocycles. The van der Waals surface area contributed by atoms with Gasteiger partial charge >= 0.3 is 5.63 Å². The number of fused-ring (bicyclic) bond motifs is 1. The van der Waals surface area contributed by atoms with Gasteiger partial charge in [-0.25, -0.2) is 9.78 Å². The zero-order chi connectivity index (χ0) is 18.3. The molecule has 1 amide bonds. The van der Waals surface area contributed by atoms with Gasteiger partial charge in [0.05, 0.1) is 16.8 Å². The number of nitrogens with zero attached hydrogens (tertiary/aromatic N) is 1. The lowest BCUT2D eigenvalue weighted by atomic mass is 10.1. The van der Waals surface area contributed by atoms with E-state index in [0.717, 1.165) is 5.39 Å². The topological polar surface area (TPSA) is 85.3 Å². The van der Waals surface area contributed by atoms with Crippen LogP contribution in [0, 0.1) is 13.8 Å². The number of hydrogen-bond donors (Lipinski definition) is 1. The highest BCUT2D eigenvalue weighted by atomic mass is 32.1. The monoisotopic (exact) mass is 366 g/mol. The Kier molecular flexibility index (Phi) is 3.93. The number of hydrogen-bond acceptors (Lipinski definition) is 6. The van der Waals surface area contributed by atoms with Crippen LogP contribution >= 0.6 is 11.3 Å². The highest BCUT2D eigenvalue weighted by molar-refractivity contribution is 7.14. The van der Waals surface area contributed by atoms with Gasteiger partial charge in [0.25, 0.3) is 5.91 Å². The molecule has 4 aromatic rings. The maximum Gasteiger partial charge on any atom is 0.345 e. The summed E-state index contributed by atoms with van der Waals surface area (Å²) >= 11 is 1.24. The molecule has 26 heavy (non-hydrogen) atoms. The smallest absolute Gasteiger partial charge is 0.345 e. The van der Waals surface area contributed by atoms with Crippen LogP contribution in [0.4, 0.5) is 5.13 Å². The van der Waals surface area contributed by atoms with Gasteiger partial charge in [0.2, 0.25) is 0 Å². The molecular weight excluding hydrogens is 352 g/mol. The number of thiazole rings is 1. The molecule has 0 radical (unpaired) electrons. The van der Waals surface area contributed by atoms with E-state index in [1.807, 2.05) is 12.1 Å². The van der Waals surface area contributed by atoms with Crippen LogP contribution in [0.5, 0.6) is 0 Å². The van der Waals surface area contributed by atoms with Crippen LogP contribution in [0.3, 0.4) is 0 Å². The normalized spacial score (nSPS) is 11.0. The summed E-state index contributed by atoms with van der Waals surface area (Å²) in [5.74, 6) is 0.916. The maximum atomic E-state index is 12.4. The van der Waals surface area contributed by atoms with E-state index in [1.54, 1.807) is 43.5 Å². The summed E-state index contributed by atoms with van der Waals surface area (Å²) in [6.45, 7) is 3.51. The van der Waals surface area contributed by atoms with Crippen molar-refractivity contribution in [2.75, 3.05) is 5.32 Å². The summed E-state index contributed by atoms with van der Waals surface area (Å²) in [6.07, 6.45) is 0. The SMILES string of the molecule is Cc1cc(C(=O)Nc2nc(-c3cc4ccccc4oc3=O)cs2)c(C)o1. The minimum atomic E-state index is -0.465. The molecule has 0 spiro atoms. The summed E-state index contributed by atoms with van der Waals surface area (Å²) in [5.41, 5.74) is 1.34. The van der Waals surface area contributed by atoms with Crippen LogP contribution in [-0.2, 0) is 0 Å². The summed E-state index contributed by atoms with van der Waals surface area (Å²) in [7, 11) is 0. The van der Waals surface area contributed by atoms with Gasteiger partial charge in [0, 0.05) is 10.8 Å². The van der Waals surface area contributed by atoms with Crippen molar-refractivity contribution >= 4 is 33.3 Å². The highest BCUT2D eigenvalue weighted by Crippen LogP contribution is 2.26. The number of aryl methyl sites for hydroxylation is 2. The lowest BCUT2D eigenvalue weighted by molar-refractivity contribution is 0.102. The molecule has 6 nitrogen and oxygen atoms in total. The fourth-order valence-corrected chi connectivity index (χ4v) is 3.42. The van der Waals surface area contributed by atoms with Crippen molar-refractivity contribution in [2.45, 2.75) is 13.8 Å². The van der Waals surface area contributed by atoms with E-state index in [-0.39, 0.29) is 5.91 Å². The first-order valence-corrected chi connectivity index (χ1v) is 8.76. The molecule has 3 aromatic heterocycles. The number of para-hydroxylation sites is 1. The van der Waals surface area contributed by atoms with E-state index in [0.29, 0.717) is 39.1 Å². The first-order valence-electron chi connectivity index (χ1n) is 7.88. The number of amides is 1. The minimum Gasteiger partial charge on any atom is -0.466 e. The second kappa shape index (κ2) is 6.27. The summed E-state index contributed by atoms with van der Waals surface area (Å²) < 4.78 is 10.7. The second-order valence-corrected chi connectivity index (χ2v) is 6.66. The Morgan fingerprint density at radius 2 is 1.96 bits per heavy atom. The van der Waals surface area contributed by atoms with E-state index >= 15 is 0 Å². The van der Waals surface area contributed by atoms with Gasteiger partial charge in [0.15, 0.2) is 5.13 Å². The predicted molar refractivity (Wildman–Crippen MR) is 99.7 cm³/mol. The summed E-state index contributed by atoms with van der Waals surface area (Å²) in [6, 6.07) is 10.7. The Morgan fingerprint density at radius 3 is 2.73 bits per heavy atom. The van der Waals surface area contributed by atoms with Gasteiger partial charge in [-0.2, -0.15) is 0 Å². The Bertz CT molecular complexity index is 1190. The fraction of sp³-hybridized carbons (Fsp3) is 0.105. The third-order valence-electron chi connectivity index (χ3n) is 3.93. The molecule has 0 atom stereocenters. The summed E-state index contributed by atoms with van der Waals surface area (Å²) in [4.78, 5) is 28.9. The van der Waals surface area contributed by atoms with E-state index in [4.69, 9.17) is 8.83 Å². The summed E-state index contributed by atoms with van der Waals surface area (Å²) in [5, 5.41) is 5.66. The molecule has 4 rings (SSSR count). The van der Waals surface area contributed by atoms with Gasteiger partial charge in [-0.3, -0.25) is 10.1 Å². The van der Waals surface area contributed by atoms with E-state index in [1.165, 1.54) is 11.3 Å². The molecule has 0 unspecified atom stereocenters. The van der Waals surface area contributed by atoms with Crippen LogP contribution in [0.2, 0.25) is 0 Å². The number of carbonyl (C=O) groups excluding carboxylic acids is 1. The van der Waals surface area contributed by atoms with Gasteiger partial charge in [-0.05, 0) is 32.0 Å². The third-order valence-corrected chi connectivity index (χ3v) is 4.69. The molecule has 7 heteroatoms. The molecule has 1 aromatic carbocycles. The van der Waals surface area contributed by atoms with Crippen molar-refractivity contribution in [3.8, 4) is 11.3 Å². The van der Waals surface area contributed by atoms with Crippen molar-refractivity contribution in [3.63, 3.8) is 0 Å². The van der Waals surface area contributed by atoms with Gasteiger partial charge in [0.1, 0.15) is 17.1 Å². The van der Waals surface area contributed by atoms with E-state index in [2.05, 4.69) is 10.3 Å². The fourth-order valence-electron chi connectivity index (χ4n) is 2.72. The molecule has 0 aliphatic rings. The molecule has 0 aliphatic carbocycles.